The summed E-state index contributed by atoms with van der Waals surface area (Å²) in [5.41, 5.74) is 3.80. The Morgan fingerprint density at radius 3 is 2.25 bits per heavy atom. The third-order valence-corrected chi connectivity index (χ3v) is 6.44. The van der Waals surface area contributed by atoms with Gasteiger partial charge in [0.2, 0.25) is 17.4 Å². The van der Waals surface area contributed by atoms with Crippen LogP contribution in [0.5, 0.6) is 0 Å². The molecule has 0 aliphatic rings. The molecule has 8 heteroatoms. The fraction of sp³-hybridized carbons (Fsp3) is 0.250. The van der Waals surface area contributed by atoms with Gasteiger partial charge in [0.25, 0.3) is 0 Å². The average Bonchev–Trinajstić information content (AvgIpc) is 3.14. The van der Waals surface area contributed by atoms with Crippen LogP contribution in [-0.4, -0.2) is 24.5 Å². The summed E-state index contributed by atoms with van der Waals surface area (Å²) in [7, 11) is 1.97. The van der Waals surface area contributed by atoms with E-state index in [1.807, 2.05) is 44.2 Å². The van der Waals surface area contributed by atoms with Crippen LogP contribution in [0.1, 0.15) is 45.2 Å². The number of Topliss-reactive ketones (excluding diaryl/α,β-unsaturated/α-hetero) is 1. The van der Waals surface area contributed by atoms with E-state index in [0.29, 0.717) is 26.8 Å². The first-order chi connectivity index (χ1) is 16.9. The number of hydrogen-bond donors (Lipinski definition) is 1. The van der Waals surface area contributed by atoms with Crippen molar-refractivity contribution in [3.8, 4) is 22.4 Å². The molecule has 2 heterocycles. The molecule has 184 valence electrons. The topological polar surface area (TPSA) is 72.2 Å². The average molecular weight is 521 g/mol. The Hall–Kier alpha value is -3.09. The second-order valence-corrected chi connectivity index (χ2v) is 11.1. The summed E-state index contributed by atoms with van der Waals surface area (Å²) in [6.45, 7) is 9.00. The molecule has 0 aliphatic heterocycles. The van der Waals surface area contributed by atoms with Gasteiger partial charge in [-0.15, -0.1) is 0 Å². The van der Waals surface area contributed by atoms with E-state index in [1.54, 1.807) is 46.8 Å². The maximum atomic E-state index is 13.3. The first-order valence-electron chi connectivity index (χ1n) is 11.7. The highest BCUT2D eigenvalue weighted by Crippen LogP contribution is 2.41. The minimum atomic E-state index is -0.729. The minimum Gasteiger partial charge on any atom is -0.432 e. The van der Waals surface area contributed by atoms with Crippen molar-refractivity contribution in [1.29, 1.82) is 0 Å². The third-order valence-electron chi connectivity index (χ3n) is 5.88. The number of carbonyl (C=O) groups excluding carboxylic acids is 2. The number of carbonyl (C=O) groups is 2. The van der Waals surface area contributed by atoms with E-state index in [2.05, 4.69) is 5.32 Å². The van der Waals surface area contributed by atoms with Gasteiger partial charge in [-0.3, -0.25) is 9.59 Å². The van der Waals surface area contributed by atoms with E-state index in [-0.39, 0.29) is 29.1 Å². The Morgan fingerprint density at radius 1 is 1.00 bits per heavy atom. The molecule has 0 aliphatic carbocycles. The number of furan rings is 1. The molecule has 1 amide bonds. The molecule has 0 atom stereocenters. The summed E-state index contributed by atoms with van der Waals surface area (Å²) in [4.78, 5) is 30.9. The Morgan fingerprint density at radius 2 is 1.67 bits per heavy atom. The van der Waals surface area contributed by atoms with Gasteiger partial charge in [0.15, 0.2) is 5.76 Å². The van der Waals surface area contributed by atoms with Crippen molar-refractivity contribution in [2.75, 3.05) is 5.32 Å². The molecule has 2 aromatic heterocycles. The number of hydrogen-bond acceptors (Lipinski definition) is 4. The van der Waals surface area contributed by atoms with Gasteiger partial charge in [-0.05, 0) is 29.8 Å². The number of amides is 1. The largest absolute Gasteiger partial charge is 0.432 e. The van der Waals surface area contributed by atoms with Crippen LogP contribution in [0.2, 0.25) is 10.0 Å². The number of pyridine rings is 1. The fourth-order valence-electron chi connectivity index (χ4n) is 3.78. The van der Waals surface area contributed by atoms with Crippen molar-refractivity contribution in [2.24, 2.45) is 11.3 Å². The highest BCUT2D eigenvalue weighted by molar-refractivity contribution is 6.38. The van der Waals surface area contributed by atoms with Crippen LogP contribution >= 0.6 is 23.2 Å². The number of fused-ring (bicyclic) bond motifs is 1. The van der Waals surface area contributed by atoms with Crippen LogP contribution in [0, 0.1) is 11.3 Å². The number of nitrogens with zero attached hydrogens (tertiary/aromatic N) is 1. The van der Waals surface area contributed by atoms with Crippen LogP contribution in [0.15, 0.2) is 52.9 Å². The van der Waals surface area contributed by atoms with E-state index < -0.39 is 5.41 Å². The molecule has 1 N–H and O–H groups in total. The molecule has 36 heavy (non-hydrogen) atoms. The molecule has 4 rings (SSSR count). The first-order valence-corrected chi connectivity index (χ1v) is 12.5. The molecule has 0 bridgehead atoms. The van der Waals surface area contributed by atoms with Crippen molar-refractivity contribution in [1.82, 2.24) is 4.98 Å². The Bertz CT molecular complexity index is 1490. The summed E-state index contributed by atoms with van der Waals surface area (Å²) in [5, 5.41) is 4.60. The molecule has 5 nitrogen and oxygen atoms in total. The molecular weight excluding hydrogens is 494 g/mol. The SMILES string of the molecule is Bc1ccc(-c2nc3oc(C(=O)C(C)(C)C)c(NC(=O)C(C)C)c3cc2-c2ccc(Cl)cc2)c(Cl)c1. The number of aromatic nitrogens is 1. The van der Waals surface area contributed by atoms with Gasteiger partial charge in [-0.2, -0.15) is 0 Å². The van der Waals surface area contributed by atoms with Crippen molar-refractivity contribution >= 4 is 65.0 Å². The highest BCUT2D eigenvalue weighted by Gasteiger charge is 2.32. The number of nitrogens with one attached hydrogen (secondary N) is 1. The lowest BCUT2D eigenvalue weighted by Crippen LogP contribution is -2.23. The number of ketones is 1. The van der Waals surface area contributed by atoms with Gasteiger partial charge in [0.1, 0.15) is 13.5 Å². The standard InChI is InChI=1S/C28H27BCl2N2O3/c1-14(2)26(35)32-23-20-13-19(15-6-9-17(30)10-7-15)22(18-11-8-16(29)12-21(18)31)33-27(20)36-24(23)25(34)28(3,4)5/h6-14H,29H2,1-5H3,(H,32,35). The normalized spacial score (nSPS) is 11.8. The van der Waals surface area contributed by atoms with Crippen LogP contribution in [0.3, 0.4) is 0 Å². The molecule has 0 radical (unpaired) electrons. The predicted octanol–water partition coefficient (Wildman–Crippen LogP) is 6.55. The van der Waals surface area contributed by atoms with Crippen LogP contribution < -0.4 is 10.8 Å². The zero-order chi connectivity index (χ0) is 26.4. The Balaban J connectivity index is 2.07. The van der Waals surface area contributed by atoms with Gasteiger partial charge < -0.3 is 9.73 Å². The quantitative estimate of drug-likeness (QED) is 0.239. The minimum absolute atomic E-state index is 0.0770. The van der Waals surface area contributed by atoms with E-state index in [9.17, 15) is 9.59 Å². The predicted molar refractivity (Wildman–Crippen MR) is 150 cm³/mol. The van der Waals surface area contributed by atoms with Crippen molar-refractivity contribution in [3.63, 3.8) is 0 Å². The molecule has 0 saturated heterocycles. The molecule has 2 aromatic carbocycles. The van der Waals surface area contributed by atoms with Crippen LogP contribution in [0.4, 0.5) is 5.69 Å². The smallest absolute Gasteiger partial charge is 0.229 e. The lowest BCUT2D eigenvalue weighted by molar-refractivity contribution is -0.118. The lowest BCUT2D eigenvalue weighted by Gasteiger charge is -2.16. The van der Waals surface area contributed by atoms with Crippen LogP contribution in [0.25, 0.3) is 33.5 Å². The Labute approximate surface area is 221 Å². The van der Waals surface area contributed by atoms with Gasteiger partial charge >= 0.3 is 0 Å². The summed E-state index contributed by atoms with van der Waals surface area (Å²) in [6.07, 6.45) is 0. The lowest BCUT2D eigenvalue weighted by atomic mass is 9.88. The maximum Gasteiger partial charge on any atom is 0.229 e. The first kappa shape index (κ1) is 26.0. The Kier molecular flexibility index (Phi) is 7.04. The second kappa shape index (κ2) is 9.76. The fourth-order valence-corrected chi connectivity index (χ4v) is 4.23. The van der Waals surface area contributed by atoms with Crippen molar-refractivity contribution < 1.29 is 14.0 Å². The monoisotopic (exact) mass is 520 g/mol. The summed E-state index contributed by atoms with van der Waals surface area (Å²) in [5.74, 6) is -0.669. The van der Waals surface area contributed by atoms with Gasteiger partial charge in [0, 0.05) is 32.5 Å². The molecule has 0 unspecified atom stereocenters. The van der Waals surface area contributed by atoms with Gasteiger partial charge in [-0.1, -0.05) is 87.5 Å². The summed E-state index contributed by atoms with van der Waals surface area (Å²) < 4.78 is 6.06. The third kappa shape index (κ3) is 5.06. The zero-order valence-electron chi connectivity index (χ0n) is 21.1. The molecule has 4 aromatic rings. The molecule has 0 fully saturated rings. The van der Waals surface area contributed by atoms with E-state index in [1.165, 1.54) is 0 Å². The molecular formula is C28H27BCl2N2O3. The highest BCUT2D eigenvalue weighted by atomic mass is 35.5. The van der Waals surface area contributed by atoms with E-state index in [4.69, 9.17) is 32.6 Å². The van der Waals surface area contributed by atoms with E-state index >= 15 is 0 Å². The van der Waals surface area contributed by atoms with E-state index in [0.717, 1.165) is 22.2 Å². The maximum absolute atomic E-state index is 13.3. The number of anilines is 1. The van der Waals surface area contributed by atoms with Crippen LogP contribution in [-0.2, 0) is 4.79 Å². The zero-order valence-corrected chi connectivity index (χ0v) is 22.6. The van der Waals surface area contributed by atoms with Gasteiger partial charge in [-0.25, -0.2) is 4.98 Å². The summed E-state index contributed by atoms with van der Waals surface area (Å²) in [6, 6.07) is 15.0. The number of rotatable bonds is 5. The van der Waals surface area contributed by atoms with Crippen molar-refractivity contribution in [3.05, 3.63) is 64.3 Å². The number of benzene rings is 2. The summed E-state index contributed by atoms with van der Waals surface area (Å²) >= 11 is 12.8. The molecule has 0 saturated carbocycles. The van der Waals surface area contributed by atoms with Gasteiger partial charge in [0.05, 0.1) is 11.1 Å². The molecule has 0 spiro atoms. The van der Waals surface area contributed by atoms with Crippen molar-refractivity contribution in [2.45, 2.75) is 34.6 Å². The number of halogens is 2. The second-order valence-electron chi connectivity index (χ2n) is 10.3.